The van der Waals surface area contributed by atoms with Crippen molar-refractivity contribution < 1.29 is 4.79 Å². The van der Waals surface area contributed by atoms with E-state index in [1.165, 1.54) is 0 Å². The molecule has 0 spiro atoms. The van der Waals surface area contributed by atoms with E-state index in [-0.39, 0.29) is 11.9 Å². The predicted molar refractivity (Wildman–Crippen MR) is 90.5 cm³/mol. The Kier molecular flexibility index (Phi) is 5.26. The van der Waals surface area contributed by atoms with E-state index < -0.39 is 0 Å². The van der Waals surface area contributed by atoms with Crippen LogP contribution in [0, 0.1) is 6.92 Å². The lowest BCUT2D eigenvalue weighted by Gasteiger charge is -2.27. The van der Waals surface area contributed by atoms with Crippen LogP contribution in [0.1, 0.15) is 41.1 Å². The number of pyridine rings is 1. The van der Waals surface area contributed by atoms with Gasteiger partial charge in [0.25, 0.3) is 5.91 Å². The van der Waals surface area contributed by atoms with E-state index >= 15 is 0 Å². The Morgan fingerprint density at radius 2 is 1.96 bits per heavy atom. The molecule has 0 fully saturated rings. The molecule has 2 heterocycles. The number of hydrogen-bond acceptors (Lipinski definition) is 5. The molecule has 0 aliphatic rings. The Bertz CT molecular complexity index is 672. The van der Waals surface area contributed by atoms with Gasteiger partial charge in [-0.15, -0.1) is 0 Å². The van der Waals surface area contributed by atoms with Crippen molar-refractivity contribution in [3.8, 4) is 0 Å². The average Bonchev–Trinajstić information content (AvgIpc) is 2.55. The van der Waals surface area contributed by atoms with Gasteiger partial charge in [0.2, 0.25) is 5.95 Å². The summed E-state index contributed by atoms with van der Waals surface area (Å²) in [7, 11) is 5.54. The first-order valence-corrected chi connectivity index (χ1v) is 7.64. The first kappa shape index (κ1) is 16.9. The van der Waals surface area contributed by atoms with E-state index in [1.807, 2.05) is 51.0 Å². The fraction of sp³-hybridized carbons (Fsp3) is 0.412. The molecule has 6 nitrogen and oxygen atoms in total. The molecule has 0 aromatic carbocycles. The maximum atomic E-state index is 12.8. The Morgan fingerprint density at radius 3 is 2.48 bits per heavy atom. The van der Waals surface area contributed by atoms with Gasteiger partial charge in [-0.1, -0.05) is 13.0 Å². The second kappa shape index (κ2) is 7.17. The zero-order chi connectivity index (χ0) is 17.0. The van der Waals surface area contributed by atoms with Gasteiger partial charge in [0, 0.05) is 33.5 Å². The maximum Gasteiger partial charge on any atom is 0.257 e. The minimum Gasteiger partial charge on any atom is -0.347 e. The summed E-state index contributed by atoms with van der Waals surface area (Å²) in [6, 6.07) is 5.67. The van der Waals surface area contributed by atoms with Gasteiger partial charge in [-0.3, -0.25) is 9.78 Å². The lowest BCUT2D eigenvalue weighted by Crippen LogP contribution is -2.32. The molecule has 0 aliphatic carbocycles. The van der Waals surface area contributed by atoms with Gasteiger partial charge in [0.1, 0.15) is 0 Å². The van der Waals surface area contributed by atoms with Crippen molar-refractivity contribution in [2.24, 2.45) is 0 Å². The van der Waals surface area contributed by atoms with E-state index in [9.17, 15) is 4.79 Å². The number of anilines is 1. The molecule has 2 aromatic heterocycles. The SMILES string of the molecule is CC[C@@H](c1ccccn1)N(C)C(=O)c1cnc(N(C)C)nc1C. The molecule has 0 bridgehead atoms. The van der Waals surface area contributed by atoms with Crippen LogP contribution in [0.2, 0.25) is 0 Å². The van der Waals surface area contributed by atoms with Crippen LogP contribution >= 0.6 is 0 Å². The molecular weight excluding hydrogens is 290 g/mol. The van der Waals surface area contributed by atoms with Crippen molar-refractivity contribution in [2.75, 3.05) is 26.0 Å². The minimum atomic E-state index is -0.0923. The first-order valence-electron chi connectivity index (χ1n) is 7.64. The summed E-state index contributed by atoms with van der Waals surface area (Å²) in [5.41, 5.74) is 2.08. The molecule has 0 N–H and O–H groups in total. The standard InChI is InChI=1S/C17H23N5O/c1-6-15(14-9-7-8-10-18-14)22(5)16(23)13-11-19-17(21(3)4)20-12(13)2/h7-11,15H,6H2,1-5H3/t15-/m0/s1. The second-order valence-corrected chi connectivity index (χ2v) is 5.66. The molecule has 0 radical (unpaired) electrons. The molecule has 122 valence electrons. The fourth-order valence-corrected chi connectivity index (χ4v) is 2.47. The molecule has 1 atom stereocenters. The summed E-state index contributed by atoms with van der Waals surface area (Å²) in [5, 5.41) is 0. The van der Waals surface area contributed by atoms with Gasteiger partial charge in [-0.2, -0.15) is 0 Å². The quantitative estimate of drug-likeness (QED) is 0.848. The fourth-order valence-electron chi connectivity index (χ4n) is 2.47. The Balaban J connectivity index is 2.28. The van der Waals surface area contributed by atoms with Crippen LogP contribution in [0.5, 0.6) is 0 Å². The summed E-state index contributed by atoms with van der Waals surface area (Å²) in [4.78, 5) is 29.4. The number of carbonyl (C=O) groups is 1. The Hall–Kier alpha value is -2.50. The van der Waals surface area contributed by atoms with Gasteiger partial charge < -0.3 is 9.80 Å². The van der Waals surface area contributed by atoms with Crippen LogP contribution in [0.25, 0.3) is 0 Å². The Morgan fingerprint density at radius 1 is 1.22 bits per heavy atom. The van der Waals surface area contributed by atoms with Crippen molar-refractivity contribution in [3.05, 3.63) is 47.5 Å². The van der Waals surface area contributed by atoms with E-state index in [0.29, 0.717) is 17.2 Å². The van der Waals surface area contributed by atoms with Crippen molar-refractivity contribution in [1.29, 1.82) is 0 Å². The number of rotatable bonds is 5. The highest BCUT2D eigenvalue weighted by Gasteiger charge is 2.24. The zero-order valence-electron chi connectivity index (χ0n) is 14.3. The van der Waals surface area contributed by atoms with Crippen LogP contribution < -0.4 is 4.90 Å². The second-order valence-electron chi connectivity index (χ2n) is 5.66. The van der Waals surface area contributed by atoms with Gasteiger partial charge >= 0.3 is 0 Å². The zero-order valence-corrected chi connectivity index (χ0v) is 14.3. The average molecular weight is 313 g/mol. The summed E-state index contributed by atoms with van der Waals surface area (Å²) in [6.45, 7) is 3.87. The van der Waals surface area contributed by atoms with Crippen LogP contribution in [0.3, 0.4) is 0 Å². The predicted octanol–water partition coefficient (Wildman–Crippen LogP) is 2.47. The molecule has 1 amide bonds. The third-order valence-electron chi connectivity index (χ3n) is 3.80. The molecule has 2 rings (SSSR count). The highest BCUT2D eigenvalue weighted by Crippen LogP contribution is 2.23. The Labute approximate surface area is 137 Å². The summed E-state index contributed by atoms with van der Waals surface area (Å²) < 4.78 is 0. The highest BCUT2D eigenvalue weighted by atomic mass is 16.2. The minimum absolute atomic E-state index is 0.0726. The molecule has 0 aliphatic heterocycles. The van der Waals surface area contributed by atoms with Crippen LogP contribution in [-0.4, -0.2) is 46.9 Å². The third-order valence-corrected chi connectivity index (χ3v) is 3.80. The van der Waals surface area contributed by atoms with E-state index in [4.69, 9.17) is 0 Å². The number of hydrogen-bond donors (Lipinski definition) is 0. The van der Waals surface area contributed by atoms with Gasteiger partial charge in [-0.05, 0) is 25.5 Å². The number of aromatic nitrogens is 3. The molecule has 0 unspecified atom stereocenters. The van der Waals surface area contributed by atoms with Crippen molar-refractivity contribution in [2.45, 2.75) is 26.3 Å². The number of carbonyl (C=O) groups excluding carboxylic acids is 1. The first-order chi connectivity index (χ1) is 11.0. The van der Waals surface area contributed by atoms with E-state index in [1.54, 1.807) is 24.3 Å². The lowest BCUT2D eigenvalue weighted by molar-refractivity contribution is 0.0721. The van der Waals surface area contributed by atoms with Crippen molar-refractivity contribution in [1.82, 2.24) is 19.9 Å². The number of nitrogens with zero attached hydrogens (tertiary/aromatic N) is 5. The summed E-state index contributed by atoms with van der Waals surface area (Å²) in [5.74, 6) is 0.503. The smallest absolute Gasteiger partial charge is 0.257 e. The molecular formula is C17H23N5O. The maximum absolute atomic E-state index is 12.8. The van der Waals surface area contributed by atoms with Gasteiger partial charge in [-0.25, -0.2) is 9.97 Å². The number of aryl methyl sites for hydroxylation is 1. The van der Waals surface area contributed by atoms with Crippen molar-refractivity contribution in [3.63, 3.8) is 0 Å². The monoisotopic (exact) mass is 313 g/mol. The topological polar surface area (TPSA) is 62.2 Å². The number of amides is 1. The molecule has 0 saturated heterocycles. The lowest BCUT2D eigenvalue weighted by atomic mass is 10.1. The highest BCUT2D eigenvalue weighted by molar-refractivity contribution is 5.95. The van der Waals surface area contributed by atoms with Gasteiger partial charge in [0.05, 0.1) is 23.0 Å². The molecule has 6 heteroatoms. The normalized spacial score (nSPS) is 11.9. The van der Waals surface area contributed by atoms with Gasteiger partial charge in [0.15, 0.2) is 0 Å². The largest absolute Gasteiger partial charge is 0.347 e. The molecule has 0 saturated carbocycles. The summed E-state index contributed by atoms with van der Waals surface area (Å²) >= 11 is 0. The molecule has 2 aromatic rings. The van der Waals surface area contributed by atoms with Crippen LogP contribution in [0.4, 0.5) is 5.95 Å². The summed E-state index contributed by atoms with van der Waals surface area (Å²) in [6.07, 6.45) is 4.13. The van der Waals surface area contributed by atoms with Crippen LogP contribution in [-0.2, 0) is 0 Å². The van der Waals surface area contributed by atoms with E-state index in [2.05, 4.69) is 15.0 Å². The molecule has 23 heavy (non-hydrogen) atoms. The van der Waals surface area contributed by atoms with Crippen LogP contribution in [0.15, 0.2) is 30.6 Å². The van der Waals surface area contributed by atoms with Crippen molar-refractivity contribution >= 4 is 11.9 Å². The third kappa shape index (κ3) is 3.64. The van der Waals surface area contributed by atoms with E-state index in [0.717, 1.165) is 12.1 Å².